The summed E-state index contributed by atoms with van der Waals surface area (Å²) in [5.41, 5.74) is 0. The van der Waals surface area contributed by atoms with Gasteiger partial charge in [0.15, 0.2) is 5.78 Å². The Labute approximate surface area is 318 Å². The van der Waals surface area contributed by atoms with E-state index in [1.807, 2.05) is 11.6 Å². The zero-order chi connectivity index (χ0) is 41.1. The summed E-state index contributed by atoms with van der Waals surface area (Å²) in [5.74, 6) is -7.02. The molecule has 0 saturated carbocycles. The summed E-state index contributed by atoms with van der Waals surface area (Å²) < 4.78 is 36.8. The van der Waals surface area contributed by atoms with Gasteiger partial charge in [-0.05, 0) is 32.1 Å². The first-order valence-electron chi connectivity index (χ1n) is 18.0. The molecular weight excluding hydrogens is 750 g/mol. The van der Waals surface area contributed by atoms with Crippen molar-refractivity contribution in [1.82, 2.24) is 35.9 Å². The van der Waals surface area contributed by atoms with Crippen LogP contribution in [-0.2, 0) is 64.3 Å². The van der Waals surface area contributed by atoms with E-state index in [2.05, 4.69) is 31.1 Å². The van der Waals surface area contributed by atoms with E-state index in [0.717, 1.165) is 6.42 Å². The zero-order valence-electron chi connectivity index (χ0n) is 31.0. The first-order valence-corrected chi connectivity index (χ1v) is 19.6. The average molecular weight is 804 g/mol. The summed E-state index contributed by atoms with van der Waals surface area (Å²) in [5, 5.41) is 32.8. The van der Waals surface area contributed by atoms with Gasteiger partial charge >= 0.3 is 11.9 Å². The maximum absolute atomic E-state index is 12.5. The molecule has 0 aliphatic carbocycles. The molecule has 0 aromatic carbocycles. The molecule has 4 amide bonds. The molecule has 1 aromatic heterocycles. The minimum absolute atomic E-state index is 0.0728. The van der Waals surface area contributed by atoms with Crippen molar-refractivity contribution in [1.29, 1.82) is 0 Å². The van der Waals surface area contributed by atoms with Gasteiger partial charge < -0.3 is 35.6 Å². The number of hydrogen-bond donors (Lipinski definition) is 7. The topological polar surface area (TPSA) is 319 Å². The quantitative estimate of drug-likeness (QED) is 0.0426. The van der Waals surface area contributed by atoms with E-state index >= 15 is 0 Å². The number of rotatable bonds is 33. The van der Waals surface area contributed by atoms with Crippen molar-refractivity contribution in [2.75, 3.05) is 45.3 Å². The molecule has 0 fully saturated rings. The van der Waals surface area contributed by atoms with Crippen LogP contribution in [0.25, 0.3) is 0 Å². The number of carboxylic acid groups (broad SMARTS) is 2. The lowest BCUT2D eigenvalue weighted by Crippen LogP contribution is -2.41. The maximum atomic E-state index is 12.5. The van der Waals surface area contributed by atoms with Crippen LogP contribution in [0, 0.1) is 5.92 Å². The molecule has 0 unspecified atom stereocenters. The normalized spacial score (nSPS) is 12.2. The van der Waals surface area contributed by atoms with Crippen molar-refractivity contribution in [3.63, 3.8) is 0 Å². The van der Waals surface area contributed by atoms with Crippen molar-refractivity contribution in [2.45, 2.75) is 96.4 Å². The van der Waals surface area contributed by atoms with E-state index in [1.54, 1.807) is 0 Å². The van der Waals surface area contributed by atoms with Crippen molar-refractivity contribution in [3.8, 4) is 0 Å². The summed E-state index contributed by atoms with van der Waals surface area (Å²) in [7, 11) is -4.05. The van der Waals surface area contributed by atoms with Gasteiger partial charge in [-0.15, -0.1) is 0 Å². The Hall–Kier alpha value is -4.83. The van der Waals surface area contributed by atoms with Crippen LogP contribution in [0.15, 0.2) is 6.33 Å². The van der Waals surface area contributed by atoms with Gasteiger partial charge in [0.05, 0.1) is 31.5 Å². The third kappa shape index (κ3) is 25.0. The number of carbonyl (C=O) groups is 8. The molecule has 310 valence electrons. The van der Waals surface area contributed by atoms with Crippen LogP contribution >= 0.6 is 0 Å². The highest BCUT2D eigenvalue weighted by Crippen LogP contribution is 2.15. The number of ketones is 2. The molecule has 21 nitrogen and oxygen atoms in total. The monoisotopic (exact) mass is 803 g/mol. The fourth-order valence-electron chi connectivity index (χ4n) is 4.73. The van der Waals surface area contributed by atoms with E-state index in [4.69, 9.17) is 9.47 Å². The highest BCUT2D eigenvalue weighted by molar-refractivity contribution is 7.90. The molecule has 0 spiro atoms. The minimum atomic E-state index is -4.05. The second-order valence-electron chi connectivity index (χ2n) is 12.5. The number of aryl methyl sites for hydroxylation is 1. The number of aromatic nitrogens is 3. The SMILES string of the molecule is CCCNC(=O)CCC(=O)COCCOCCNC(=O)CC[C@H](CC(=O)CC[C@H](NC(=O)CCCS(=O)(=O)NC(=O)CCCc1ncn[nH]1)C(=O)O)C(=O)O. The molecular formula is C33H53N7O14S. The van der Waals surface area contributed by atoms with Crippen LogP contribution in [0.1, 0.15) is 89.8 Å². The van der Waals surface area contributed by atoms with E-state index in [0.29, 0.717) is 25.2 Å². The van der Waals surface area contributed by atoms with E-state index in [9.17, 15) is 57.0 Å². The van der Waals surface area contributed by atoms with Gasteiger partial charge in [0.2, 0.25) is 33.7 Å². The first-order chi connectivity index (χ1) is 26.1. The number of sulfonamides is 1. The van der Waals surface area contributed by atoms with Gasteiger partial charge in [0.1, 0.15) is 30.6 Å². The van der Waals surface area contributed by atoms with Crippen molar-refractivity contribution in [2.24, 2.45) is 5.92 Å². The summed E-state index contributed by atoms with van der Waals surface area (Å²) in [4.78, 5) is 99.5. The maximum Gasteiger partial charge on any atom is 0.326 e. The minimum Gasteiger partial charge on any atom is -0.481 e. The number of aromatic amines is 1. The Morgan fingerprint density at radius 2 is 1.45 bits per heavy atom. The van der Waals surface area contributed by atoms with Crippen molar-refractivity contribution < 1.29 is 66.5 Å². The van der Waals surface area contributed by atoms with Gasteiger partial charge in [-0.25, -0.2) is 18.2 Å². The lowest BCUT2D eigenvalue weighted by atomic mass is 9.94. The number of carboxylic acids is 2. The number of H-pyrrole nitrogens is 1. The van der Waals surface area contributed by atoms with Gasteiger partial charge in [0.25, 0.3) is 0 Å². The molecule has 1 aromatic rings. The summed E-state index contributed by atoms with van der Waals surface area (Å²) >= 11 is 0. The smallest absolute Gasteiger partial charge is 0.326 e. The largest absolute Gasteiger partial charge is 0.481 e. The molecule has 0 aliphatic rings. The zero-order valence-corrected chi connectivity index (χ0v) is 31.8. The molecule has 1 rings (SSSR count). The predicted octanol–water partition coefficient (Wildman–Crippen LogP) is -0.832. The fraction of sp³-hybridized carbons (Fsp3) is 0.697. The third-order valence-corrected chi connectivity index (χ3v) is 9.03. The number of nitrogens with one attached hydrogen (secondary N) is 5. The molecule has 7 N–H and O–H groups in total. The van der Waals surface area contributed by atoms with E-state index < -0.39 is 69.6 Å². The summed E-state index contributed by atoms with van der Waals surface area (Å²) in [6.07, 6.45) is 0.713. The van der Waals surface area contributed by atoms with Crippen LogP contribution in [0.2, 0.25) is 0 Å². The first kappa shape index (κ1) is 48.2. The van der Waals surface area contributed by atoms with Gasteiger partial charge in [-0.1, -0.05) is 6.92 Å². The fourth-order valence-corrected chi connectivity index (χ4v) is 5.80. The number of aliphatic carboxylic acids is 2. The van der Waals surface area contributed by atoms with E-state index in [1.165, 1.54) is 6.33 Å². The number of amides is 4. The van der Waals surface area contributed by atoms with Crippen molar-refractivity contribution >= 4 is 57.2 Å². The Balaban J connectivity index is 2.27. The predicted molar refractivity (Wildman–Crippen MR) is 191 cm³/mol. The van der Waals surface area contributed by atoms with Gasteiger partial charge in [-0.3, -0.25) is 43.4 Å². The van der Waals surface area contributed by atoms with Gasteiger partial charge in [0, 0.05) is 64.5 Å². The second kappa shape index (κ2) is 27.7. The molecule has 55 heavy (non-hydrogen) atoms. The average Bonchev–Trinajstić information content (AvgIpc) is 3.64. The molecule has 22 heteroatoms. The Morgan fingerprint density at radius 3 is 2.13 bits per heavy atom. The molecule has 0 saturated heterocycles. The summed E-state index contributed by atoms with van der Waals surface area (Å²) in [6, 6.07) is -1.50. The number of ether oxygens (including phenoxy) is 2. The Kier molecular flexibility index (Phi) is 24.3. The molecule has 0 bridgehead atoms. The number of nitrogens with zero attached hydrogens (tertiary/aromatic N) is 2. The molecule has 1 heterocycles. The van der Waals surface area contributed by atoms with Crippen LogP contribution < -0.4 is 20.7 Å². The number of carbonyl (C=O) groups excluding carboxylic acids is 6. The lowest BCUT2D eigenvalue weighted by molar-refractivity contribution is -0.145. The van der Waals surface area contributed by atoms with Crippen LogP contribution in [0.3, 0.4) is 0 Å². The third-order valence-electron chi connectivity index (χ3n) is 7.66. The summed E-state index contributed by atoms with van der Waals surface area (Å²) in [6.45, 7) is 2.82. The molecule has 0 radical (unpaired) electrons. The number of hydrogen-bond acceptors (Lipinski definition) is 14. The van der Waals surface area contributed by atoms with Gasteiger partial charge in [-0.2, -0.15) is 5.10 Å². The number of Topliss-reactive ketones (excluding diaryl/α,β-unsaturated/α-hetero) is 2. The second-order valence-corrected chi connectivity index (χ2v) is 14.3. The highest BCUT2D eigenvalue weighted by atomic mass is 32.2. The van der Waals surface area contributed by atoms with Crippen LogP contribution in [0.5, 0.6) is 0 Å². The standard InChI is InChI=1S/C33H53N7O14S/c1-2-14-34-29(44)13-10-25(42)21-54-18-17-53-16-15-35-28(43)12-8-23(32(47)48)20-24(41)9-11-26(33(49)50)38-30(45)7-4-19-55(51,52)40-31(46)6-3-5-27-36-22-37-39-27/h22-23,26H,2-21H2,1H3,(H,34,44)(H,35,43)(H,38,45)(H,40,46)(H,47,48)(H,49,50)(H,36,37,39)/t23-,26+/m1/s1. The van der Waals surface area contributed by atoms with Crippen molar-refractivity contribution in [3.05, 3.63) is 12.2 Å². The molecule has 0 aliphatic heterocycles. The van der Waals surface area contributed by atoms with Crippen LogP contribution in [-0.4, -0.2) is 132 Å². The van der Waals surface area contributed by atoms with Crippen LogP contribution in [0.4, 0.5) is 0 Å². The Morgan fingerprint density at radius 1 is 0.764 bits per heavy atom. The molecule has 2 atom stereocenters. The highest BCUT2D eigenvalue weighted by Gasteiger charge is 2.25. The lowest BCUT2D eigenvalue weighted by Gasteiger charge is -2.15. The Bertz CT molecular complexity index is 1510. The van der Waals surface area contributed by atoms with E-state index in [-0.39, 0.29) is 102 Å².